The van der Waals surface area contributed by atoms with Gasteiger partial charge in [-0.25, -0.2) is 4.39 Å². The molecule has 132 valence electrons. The molecule has 1 amide bonds. The summed E-state index contributed by atoms with van der Waals surface area (Å²) < 4.78 is 24.1. The number of halogens is 1. The van der Waals surface area contributed by atoms with E-state index in [2.05, 4.69) is 6.92 Å². The van der Waals surface area contributed by atoms with Gasteiger partial charge in [0, 0.05) is 25.1 Å². The van der Waals surface area contributed by atoms with E-state index in [1.807, 2.05) is 17.0 Å². The van der Waals surface area contributed by atoms with Gasteiger partial charge in [0.05, 0.1) is 25.7 Å². The number of nitrogens with zero attached hydrogens (tertiary/aromatic N) is 1. The molecule has 2 heterocycles. The van der Waals surface area contributed by atoms with E-state index in [-0.39, 0.29) is 29.8 Å². The third-order valence-electron chi connectivity index (χ3n) is 5.02. The van der Waals surface area contributed by atoms with Gasteiger partial charge in [-0.05, 0) is 43.9 Å². The zero-order valence-electron chi connectivity index (χ0n) is 14.2. The fraction of sp³-hybridized carbons (Fsp3) is 0.632. The molecule has 0 N–H and O–H groups in total. The summed E-state index contributed by atoms with van der Waals surface area (Å²) >= 11 is 0. The van der Waals surface area contributed by atoms with Crippen LogP contribution in [-0.4, -0.2) is 49.3 Å². The largest absolute Gasteiger partial charge is 0.378 e. The monoisotopic (exact) mass is 335 g/mol. The van der Waals surface area contributed by atoms with Gasteiger partial charge in [-0.1, -0.05) is 12.1 Å². The van der Waals surface area contributed by atoms with Gasteiger partial charge >= 0.3 is 0 Å². The van der Waals surface area contributed by atoms with Crippen molar-refractivity contribution >= 4 is 5.91 Å². The molecule has 1 aromatic carbocycles. The van der Waals surface area contributed by atoms with Crippen molar-refractivity contribution in [1.82, 2.24) is 4.90 Å². The van der Waals surface area contributed by atoms with Crippen molar-refractivity contribution in [2.75, 3.05) is 26.4 Å². The van der Waals surface area contributed by atoms with Crippen LogP contribution in [0.25, 0.3) is 0 Å². The zero-order chi connectivity index (χ0) is 16.9. The molecular formula is C19H26FNO3. The average molecular weight is 335 g/mol. The quantitative estimate of drug-likeness (QED) is 0.750. The van der Waals surface area contributed by atoms with Crippen molar-refractivity contribution in [1.29, 1.82) is 0 Å². The highest BCUT2D eigenvalue weighted by Gasteiger charge is 2.32. The predicted molar refractivity (Wildman–Crippen MR) is 89.3 cm³/mol. The summed E-state index contributed by atoms with van der Waals surface area (Å²) in [5, 5.41) is 0. The highest BCUT2D eigenvalue weighted by atomic mass is 19.1. The van der Waals surface area contributed by atoms with Gasteiger partial charge in [-0.3, -0.25) is 4.79 Å². The Hall–Kier alpha value is -1.46. The van der Waals surface area contributed by atoms with Crippen LogP contribution in [0, 0.1) is 5.82 Å². The van der Waals surface area contributed by atoms with Crippen LogP contribution in [0.1, 0.15) is 44.1 Å². The first-order valence-corrected chi connectivity index (χ1v) is 8.88. The number of ether oxygens (including phenoxy) is 2. The van der Waals surface area contributed by atoms with Gasteiger partial charge < -0.3 is 14.4 Å². The molecule has 4 nitrogen and oxygen atoms in total. The van der Waals surface area contributed by atoms with Crippen LogP contribution < -0.4 is 0 Å². The third-order valence-corrected chi connectivity index (χ3v) is 5.02. The number of rotatable bonds is 6. The highest BCUT2D eigenvalue weighted by Crippen LogP contribution is 2.32. The second kappa shape index (κ2) is 8.08. The SMILES string of the molecule is C[C@@H]1C[C@H](c2ccc(F)cc2)CN1C(=O)CCOC[C@@H]1CCCO1. The van der Waals surface area contributed by atoms with E-state index >= 15 is 0 Å². The van der Waals surface area contributed by atoms with Crippen molar-refractivity contribution < 1.29 is 18.7 Å². The van der Waals surface area contributed by atoms with Gasteiger partial charge in [-0.15, -0.1) is 0 Å². The highest BCUT2D eigenvalue weighted by molar-refractivity contribution is 5.77. The standard InChI is InChI=1S/C19H26FNO3/c1-14-11-16(15-4-6-17(20)7-5-15)12-21(14)19(22)8-10-23-13-18-3-2-9-24-18/h4-7,14,16,18H,2-3,8-13H2,1H3/t14-,16+,18+/m1/s1. The van der Waals surface area contributed by atoms with Crippen molar-refractivity contribution in [3.8, 4) is 0 Å². The van der Waals surface area contributed by atoms with Gasteiger partial charge in [0.2, 0.25) is 5.91 Å². The molecule has 5 heteroatoms. The van der Waals surface area contributed by atoms with Crippen LogP contribution in [0.3, 0.4) is 0 Å². The Bertz CT molecular complexity index is 542. The van der Waals surface area contributed by atoms with Crippen molar-refractivity contribution in [3.63, 3.8) is 0 Å². The molecule has 2 saturated heterocycles. The lowest BCUT2D eigenvalue weighted by Gasteiger charge is -2.21. The Balaban J connectivity index is 1.43. The van der Waals surface area contributed by atoms with E-state index in [9.17, 15) is 9.18 Å². The summed E-state index contributed by atoms with van der Waals surface area (Å²) in [6.45, 7) is 4.64. The first-order valence-electron chi connectivity index (χ1n) is 8.88. The number of benzene rings is 1. The fourth-order valence-corrected chi connectivity index (χ4v) is 3.65. The molecule has 2 aliphatic rings. The van der Waals surface area contributed by atoms with Crippen LogP contribution >= 0.6 is 0 Å². The summed E-state index contributed by atoms with van der Waals surface area (Å²) in [5.74, 6) is 0.206. The zero-order valence-corrected chi connectivity index (χ0v) is 14.2. The van der Waals surface area contributed by atoms with Crippen LogP contribution in [0.15, 0.2) is 24.3 Å². The molecule has 0 radical (unpaired) electrons. The van der Waals surface area contributed by atoms with E-state index in [1.54, 1.807) is 0 Å². The lowest BCUT2D eigenvalue weighted by Crippen LogP contribution is -2.34. The first-order chi connectivity index (χ1) is 11.6. The maximum absolute atomic E-state index is 13.1. The molecule has 0 bridgehead atoms. The van der Waals surface area contributed by atoms with Crippen molar-refractivity contribution in [2.24, 2.45) is 0 Å². The number of amides is 1. The lowest BCUT2D eigenvalue weighted by molar-refractivity contribution is -0.133. The van der Waals surface area contributed by atoms with Crippen LogP contribution in [0.4, 0.5) is 4.39 Å². The number of carbonyl (C=O) groups excluding carboxylic acids is 1. The molecule has 0 unspecified atom stereocenters. The normalized spacial score (nSPS) is 26.9. The van der Waals surface area contributed by atoms with Gasteiger partial charge in [0.25, 0.3) is 0 Å². The molecule has 24 heavy (non-hydrogen) atoms. The van der Waals surface area contributed by atoms with Crippen LogP contribution in [0.5, 0.6) is 0 Å². The summed E-state index contributed by atoms with van der Waals surface area (Å²) in [6, 6.07) is 6.84. The average Bonchev–Trinajstić information content (AvgIpc) is 3.22. The molecule has 0 saturated carbocycles. The summed E-state index contributed by atoms with van der Waals surface area (Å²) in [6.07, 6.45) is 3.69. The van der Waals surface area contributed by atoms with E-state index < -0.39 is 0 Å². The second-order valence-corrected chi connectivity index (χ2v) is 6.84. The van der Waals surface area contributed by atoms with Gasteiger partial charge in [-0.2, -0.15) is 0 Å². The minimum Gasteiger partial charge on any atom is -0.378 e. The molecule has 3 atom stereocenters. The number of hydrogen-bond acceptors (Lipinski definition) is 3. The lowest BCUT2D eigenvalue weighted by atomic mass is 9.97. The second-order valence-electron chi connectivity index (χ2n) is 6.84. The smallest absolute Gasteiger partial charge is 0.225 e. The Morgan fingerprint density at radius 2 is 2.17 bits per heavy atom. The van der Waals surface area contributed by atoms with Gasteiger partial charge in [0.1, 0.15) is 5.82 Å². The number of carbonyl (C=O) groups is 1. The van der Waals surface area contributed by atoms with E-state index in [1.165, 1.54) is 12.1 Å². The first kappa shape index (κ1) is 17.4. The maximum Gasteiger partial charge on any atom is 0.225 e. The number of likely N-dealkylation sites (tertiary alicyclic amines) is 1. The molecule has 0 spiro atoms. The van der Waals surface area contributed by atoms with Crippen LogP contribution in [-0.2, 0) is 14.3 Å². The Labute approximate surface area is 142 Å². The molecule has 2 aliphatic heterocycles. The summed E-state index contributed by atoms with van der Waals surface area (Å²) in [5.41, 5.74) is 1.10. The van der Waals surface area contributed by atoms with E-state index in [0.29, 0.717) is 26.2 Å². The van der Waals surface area contributed by atoms with E-state index in [0.717, 1.165) is 31.4 Å². The Morgan fingerprint density at radius 1 is 1.38 bits per heavy atom. The minimum atomic E-state index is -0.221. The van der Waals surface area contributed by atoms with Crippen LogP contribution in [0.2, 0.25) is 0 Å². The molecule has 1 aromatic rings. The van der Waals surface area contributed by atoms with Crippen molar-refractivity contribution in [3.05, 3.63) is 35.6 Å². The minimum absolute atomic E-state index is 0.138. The fourth-order valence-electron chi connectivity index (χ4n) is 3.65. The number of hydrogen-bond donors (Lipinski definition) is 0. The molecular weight excluding hydrogens is 309 g/mol. The predicted octanol–water partition coefficient (Wildman–Crippen LogP) is 3.12. The summed E-state index contributed by atoms with van der Waals surface area (Å²) in [7, 11) is 0. The van der Waals surface area contributed by atoms with Crippen molar-refractivity contribution in [2.45, 2.75) is 50.7 Å². The third kappa shape index (κ3) is 4.33. The van der Waals surface area contributed by atoms with Gasteiger partial charge in [0.15, 0.2) is 0 Å². The molecule has 0 aromatic heterocycles. The topological polar surface area (TPSA) is 38.8 Å². The molecule has 0 aliphatic carbocycles. The van der Waals surface area contributed by atoms with E-state index in [4.69, 9.17) is 9.47 Å². The molecule has 3 rings (SSSR count). The Morgan fingerprint density at radius 3 is 2.88 bits per heavy atom. The Kier molecular flexibility index (Phi) is 5.85. The maximum atomic E-state index is 13.1. The molecule has 2 fully saturated rings. The summed E-state index contributed by atoms with van der Waals surface area (Å²) in [4.78, 5) is 14.4.